The van der Waals surface area contributed by atoms with E-state index in [9.17, 15) is 39.9 Å². The minimum atomic E-state index is -1.22. The van der Waals surface area contributed by atoms with Crippen molar-refractivity contribution in [2.75, 3.05) is 85.2 Å². The summed E-state index contributed by atoms with van der Waals surface area (Å²) in [6, 6.07) is -0.796. The standard InChI is InChI=1S/C18H34N4O9/c23-12-14(15(25)13-24)22-7-5-20(10-17(28)29)3-1-19(9-16(26)27)2-4-21(6-8-22)11-18(30)31/h14-15,23-25H,1-13H2,(H,26,27)(H,28,29)(H,30,31)/t14-,15?/m0/s1. The van der Waals surface area contributed by atoms with E-state index in [1.807, 2.05) is 0 Å². The lowest BCUT2D eigenvalue weighted by atomic mass is 10.1. The number of carbonyl (C=O) groups is 3. The fourth-order valence-corrected chi connectivity index (χ4v) is 3.53. The Morgan fingerprint density at radius 3 is 1.19 bits per heavy atom. The molecule has 1 aliphatic heterocycles. The van der Waals surface area contributed by atoms with Gasteiger partial charge in [0, 0.05) is 52.4 Å². The average Bonchev–Trinajstić information content (AvgIpc) is 2.68. The maximum atomic E-state index is 11.2. The van der Waals surface area contributed by atoms with Gasteiger partial charge >= 0.3 is 17.9 Å². The lowest BCUT2D eigenvalue weighted by molar-refractivity contribution is -0.140. The van der Waals surface area contributed by atoms with E-state index in [4.69, 9.17) is 5.11 Å². The lowest BCUT2D eigenvalue weighted by Gasteiger charge is -2.37. The fraction of sp³-hybridized carbons (Fsp3) is 0.833. The van der Waals surface area contributed by atoms with Crippen LogP contribution in [0.4, 0.5) is 0 Å². The lowest BCUT2D eigenvalue weighted by Crippen LogP contribution is -2.54. The molecule has 1 aliphatic rings. The molecule has 0 bridgehead atoms. The molecule has 180 valence electrons. The second-order valence-electron chi connectivity index (χ2n) is 7.55. The molecule has 31 heavy (non-hydrogen) atoms. The molecule has 1 heterocycles. The number of hydrogen-bond acceptors (Lipinski definition) is 10. The van der Waals surface area contributed by atoms with Gasteiger partial charge in [-0.2, -0.15) is 0 Å². The predicted octanol–water partition coefficient (Wildman–Crippen LogP) is -3.82. The fourth-order valence-electron chi connectivity index (χ4n) is 3.53. The van der Waals surface area contributed by atoms with E-state index in [2.05, 4.69) is 0 Å². The van der Waals surface area contributed by atoms with E-state index in [1.54, 1.807) is 19.6 Å². The summed E-state index contributed by atoms with van der Waals surface area (Å²) in [5.74, 6) is -3.10. The molecular formula is C18H34N4O9. The Balaban J connectivity index is 3.05. The van der Waals surface area contributed by atoms with Gasteiger partial charge in [0.25, 0.3) is 0 Å². The van der Waals surface area contributed by atoms with E-state index in [-0.39, 0.29) is 72.0 Å². The third-order valence-corrected chi connectivity index (χ3v) is 5.24. The molecule has 0 radical (unpaired) electrons. The van der Waals surface area contributed by atoms with Crippen LogP contribution in [0.1, 0.15) is 0 Å². The van der Waals surface area contributed by atoms with Gasteiger partial charge in [-0.3, -0.25) is 34.0 Å². The highest BCUT2D eigenvalue weighted by atomic mass is 16.4. The molecule has 0 aromatic heterocycles. The summed E-state index contributed by atoms with van der Waals surface area (Å²) < 4.78 is 0. The van der Waals surface area contributed by atoms with Crippen molar-refractivity contribution >= 4 is 17.9 Å². The summed E-state index contributed by atoms with van der Waals surface area (Å²) in [5.41, 5.74) is 0. The molecule has 1 rings (SSSR count). The van der Waals surface area contributed by atoms with Crippen LogP contribution in [0.15, 0.2) is 0 Å². The summed E-state index contributed by atoms with van der Waals surface area (Å²) >= 11 is 0. The molecule has 13 nitrogen and oxygen atoms in total. The zero-order valence-electron chi connectivity index (χ0n) is 17.5. The number of hydrogen-bond donors (Lipinski definition) is 6. The molecule has 0 aliphatic carbocycles. The van der Waals surface area contributed by atoms with Gasteiger partial charge in [-0.15, -0.1) is 0 Å². The molecule has 1 fully saturated rings. The Hall–Kier alpha value is -1.87. The summed E-state index contributed by atoms with van der Waals surface area (Å²) in [6.07, 6.45) is -1.22. The van der Waals surface area contributed by atoms with E-state index < -0.39 is 43.3 Å². The molecule has 13 heteroatoms. The third-order valence-electron chi connectivity index (χ3n) is 5.24. The van der Waals surface area contributed by atoms with Gasteiger partial charge < -0.3 is 30.6 Å². The van der Waals surface area contributed by atoms with Crippen LogP contribution in [-0.4, -0.2) is 165 Å². The summed E-state index contributed by atoms with van der Waals surface area (Å²) in [4.78, 5) is 40.3. The quantitative estimate of drug-likeness (QED) is 0.190. The summed E-state index contributed by atoms with van der Waals surface area (Å²) in [6.45, 7) is 0.396. The molecule has 0 amide bonds. The van der Waals surface area contributed by atoms with Crippen LogP contribution < -0.4 is 0 Å². The molecule has 1 unspecified atom stereocenters. The minimum Gasteiger partial charge on any atom is -0.480 e. The summed E-state index contributed by atoms with van der Waals surface area (Å²) in [5, 5.41) is 56.6. The first-order valence-electron chi connectivity index (χ1n) is 10.1. The molecule has 6 N–H and O–H groups in total. The van der Waals surface area contributed by atoms with Crippen molar-refractivity contribution in [1.82, 2.24) is 19.6 Å². The minimum absolute atomic E-state index is 0.247. The van der Waals surface area contributed by atoms with Crippen molar-refractivity contribution in [3.63, 3.8) is 0 Å². The maximum absolute atomic E-state index is 11.2. The van der Waals surface area contributed by atoms with Crippen LogP contribution in [0.25, 0.3) is 0 Å². The molecule has 0 saturated carbocycles. The topological polar surface area (TPSA) is 186 Å². The normalized spacial score (nSPS) is 21.0. The molecule has 0 aromatic rings. The highest BCUT2D eigenvalue weighted by Crippen LogP contribution is 2.08. The van der Waals surface area contributed by atoms with Gasteiger partial charge in [0.15, 0.2) is 0 Å². The van der Waals surface area contributed by atoms with Crippen LogP contribution in [0, 0.1) is 0 Å². The van der Waals surface area contributed by atoms with E-state index in [0.29, 0.717) is 0 Å². The van der Waals surface area contributed by atoms with Gasteiger partial charge in [0.1, 0.15) is 0 Å². The van der Waals surface area contributed by atoms with E-state index in [1.165, 1.54) is 0 Å². The Morgan fingerprint density at radius 1 is 0.613 bits per heavy atom. The van der Waals surface area contributed by atoms with Gasteiger partial charge in [-0.25, -0.2) is 0 Å². The van der Waals surface area contributed by atoms with Gasteiger partial charge in [-0.1, -0.05) is 0 Å². The smallest absolute Gasteiger partial charge is 0.317 e. The van der Waals surface area contributed by atoms with Crippen molar-refractivity contribution in [2.45, 2.75) is 12.1 Å². The Labute approximate surface area is 180 Å². The number of aliphatic carboxylic acids is 3. The zero-order valence-corrected chi connectivity index (χ0v) is 17.5. The van der Waals surface area contributed by atoms with Gasteiger partial charge in [-0.05, 0) is 0 Å². The van der Waals surface area contributed by atoms with Crippen molar-refractivity contribution < 1.29 is 45.0 Å². The summed E-state index contributed by atoms with van der Waals surface area (Å²) in [7, 11) is 0. The maximum Gasteiger partial charge on any atom is 0.317 e. The second-order valence-corrected chi connectivity index (χ2v) is 7.55. The number of nitrogens with zero attached hydrogens (tertiary/aromatic N) is 4. The average molecular weight is 450 g/mol. The van der Waals surface area contributed by atoms with Gasteiger partial charge in [0.05, 0.1) is 45.0 Å². The largest absolute Gasteiger partial charge is 0.480 e. The highest BCUT2D eigenvalue weighted by Gasteiger charge is 2.27. The van der Waals surface area contributed by atoms with Crippen molar-refractivity contribution in [2.24, 2.45) is 0 Å². The number of carboxylic acid groups (broad SMARTS) is 3. The monoisotopic (exact) mass is 450 g/mol. The Kier molecular flexibility index (Phi) is 12.5. The van der Waals surface area contributed by atoms with Crippen LogP contribution in [-0.2, 0) is 14.4 Å². The first kappa shape index (κ1) is 27.2. The van der Waals surface area contributed by atoms with Crippen LogP contribution in [0.2, 0.25) is 0 Å². The molecular weight excluding hydrogens is 416 g/mol. The first-order valence-corrected chi connectivity index (χ1v) is 10.1. The SMILES string of the molecule is O=C(O)CN1CCN(CC(=O)O)CCN([C@@H](CO)C(O)CO)CCN(CC(=O)O)CC1. The second kappa shape index (κ2) is 14.2. The first-order chi connectivity index (χ1) is 14.7. The third kappa shape index (κ3) is 10.8. The van der Waals surface area contributed by atoms with E-state index in [0.717, 1.165) is 0 Å². The van der Waals surface area contributed by atoms with Crippen LogP contribution in [0.3, 0.4) is 0 Å². The number of aliphatic hydroxyl groups excluding tert-OH is 3. The Morgan fingerprint density at radius 2 is 0.935 bits per heavy atom. The van der Waals surface area contributed by atoms with Crippen molar-refractivity contribution in [3.8, 4) is 0 Å². The number of rotatable bonds is 10. The zero-order chi connectivity index (χ0) is 23.4. The van der Waals surface area contributed by atoms with E-state index >= 15 is 0 Å². The number of carboxylic acids is 3. The van der Waals surface area contributed by atoms with Crippen molar-refractivity contribution in [1.29, 1.82) is 0 Å². The predicted molar refractivity (Wildman–Crippen MR) is 108 cm³/mol. The Bertz CT molecular complexity index is 548. The van der Waals surface area contributed by atoms with Gasteiger partial charge in [0.2, 0.25) is 0 Å². The highest BCUT2D eigenvalue weighted by molar-refractivity contribution is 5.69. The number of aliphatic hydroxyl groups is 3. The molecule has 0 aromatic carbocycles. The van der Waals surface area contributed by atoms with Crippen molar-refractivity contribution in [3.05, 3.63) is 0 Å². The molecule has 1 saturated heterocycles. The molecule has 0 spiro atoms. The van der Waals surface area contributed by atoms with Crippen LogP contribution >= 0.6 is 0 Å². The molecule has 2 atom stereocenters. The van der Waals surface area contributed by atoms with Crippen LogP contribution in [0.5, 0.6) is 0 Å².